The summed E-state index contributed by atoms with van der Waals surface area (Å²) in [5.74, 6) is -0.424. The monoisotopic (exact) mass is 989 g/mol. The minimum atomic E-state index is -4.50. The summed E-state index contributed by atoms with van der Waals surface area (Å²) in [5, 5.41) is 36.8. The molecule has 1 radical (unpaired) electrons. The Balaban J connectivity index is 0.00000465. The number of hydrogen-bond donors (Lipinski definition) is 3. The molecule has 2 fully saturated rings. The van der Waals surface area contributed by atoms with Crippen LogP contribution in [0.1, 0.15) is 67.4 Å². The van der Waals surface area contributed by atoms with Crippen molar-refractivity contribution in [2.75, 3.05) is 26.2 Å². The molecule has 4 bridgehead atoms. The van der Waals surface area contributed by atoms with Gasteiger partial charge in [-0.15, -0.1) is 11.8 Å². The quantitative estimate of drug-likeness (QED) is 0.225. The molecule has 1 unspecified atom stereocenters. The number of fused-ring (bicyclic) bond motifs is 10. The van der Waals surface area contributed by atoms with E-state index in [2.05, 4.69) is 27.3 Å². The standard InChI is InChI=1S/C39H37F3N4O7S.Ac/c1-17-11-21-12-24-25(13-43)46-26-14-51-38(50)23(44-27(47)10-7-20-5-8-22(9-6-20)39(40,41)42)15-54-37(32(46)31(45(24)4)28(21)33(48)18(17)2)30-29(26)36-35(52-16-53-36)19(3)34(30)49;/h5-11,23-26,31-32,37,48-49H,12,14-16H2,1-4H3,(H,44,47);/b10-7+;/t23-,24+,25-,26+,31+,32?,37+;/m0./s1. The molecule has 0 spiro atoms. The van der Waals surface area contributed by atoms with Crippen LogP contribution in [0.15, 0.2) is 36.4 Å². The molecule has 55 heavy (non-hydrogen) atoms. The molecule has 7 atom stereocenters. The molecule has 3 aromatic carbocycles. The van der Waals surface area contributed by atoms with Crippen LogP contribution in [0.2, 0.25) is 0 Å². The molecular formula is C39H37AcF3N4O7S. The molecule has 285 valence electrons. The number of rotatable bonds is 3. The predicted octanol–water partition coefficient (Wildman–Crippen LogP) is 5.53. The van der Waals surface area contributed by atoms with Gasteiger partial charge in [-0.05, 0) is 74.7 Å². The Morgan fingerprint density at radius 2 is 1.73 bits per heavy atom. The van der Waals surface area contributed by atoms with E-state index in [1.54, 1.807) is 6.92 Å². The van der Waals surface area contributed by atoms with Gasteiger partial charge in [-0.3, -0.25) is 14.6 Å². The molecule has 3 N–H and O–H groups in total. The molecule has 6 heterocycles. The third kappa shape index (κ3) is 6.48. The van der Waals surface area contributed by atoms with Gasteiger partial charge in [-0.2, -0.15) is 18.4 Å². The number of nitrogens with zero attached hydrogens (tertiary/aromatic N) is 3. The maximum absolute atomic E-state index is 13.7. The predicted molar refractivity (Wildman–Crippen MR) is 191 cm³/mol. The largest absolute Gasteiger partial charge is 0.507 e. The number of piperazine rings is 1. The van der Waals surface area contributed by atoms with Crippen molar-refractivity contribution in [1.29, 1.82) is 5.26 Å². The number of benzene rings is 3. The summed E-state index contributed by atoms with van der Waals surface area (Å²) in [6.07, 6.45) is -1.51. The van der Waals surface area contributed by atoms with E-state index in [0.29, 0.717) is 40.2 Å². The van der Waals surface area contributed by atoms with Gasteiger partial charge < -0.3 is 29.7 Å². The van der Waals surface area contributed by atoms with Gasteiger partial charge in [-0.1, -0.05) is 18.2 Å². The molecule has 0 aromatic heterocycles. The molecule has 0 saturated carbocycles. The van der Waals surface area contributed by atoms with Crippen LogP contribution < -0.4 is 14.8 Å². The summed E-state index contributed by atoms with van der Waals surface area (Å²) in [6.45, 7) is 5.22. The summed E-state index contributed by atoms with van der Waals surface area (Å²) < 4.78 is 56.9. The Bertz CT molecular complexity index is 2160. The Morgan fingerprint density at radius 3 is 2.42 bits per heavy atom. The topological polar surface area (TPSA) is 145 Å². The zero-order valence-electron chi connectivity index (χ0n) is 30.3. The van der Waals surface area contributed by atoms with E-state index in [4.69, 9.17) is 14.2 Å². The molecule has 3 aromatic rings. The number of alkyl halides is 3. The molecule has 2 saturated heterocycles. The summed E-state index contributed by atoms with van der Waals surface area (Å²) in [5.41, 5.74) is 4.52. The molecule has 16 heteroatoms. The average Bonchev–Trinajstić information content (AvgIpc) is 3.63. The summed E-state index contributed by atoms with van der Waals surface area (Å²) in [7, 11) is 1.95. The molecular weight excluding hydrogens is 953 g/mol. The minimum Gasteiger partial charge on any atom is -0.507 e. The summed E-state index contributed by atoms with van der Waals surface area (Å²) >= 11 is 1.31. The fourth-order valence-electron chi connectivity index (χ4n) is 8.85. The van der Waals surface area contributed by atoms with Crippen molar-refractivity contribution in [2.45, 2.75) is 74.9 Å². The normalized spacial score (nSPS) is 26.9. The molecule has 9 rings (SSSR count). The number of nitriles is 1. The van der Waals surface area contributed by atoms with E-state index in [1.165, 1.54) is 30.0 Å². The Labute approximate surface area is 355 Å². The molecule has 6 aliphatic rings. The zero-order valence-corrected chi connectivity index (χ0v) is 35.9. The number of halogens is 3. The van der Waals surface area contributed by atoms with Crippen LogP contribution in [0, 0.1) is 76.2 Å². The first-order valence-corrected chi connectivity index (χ1v) is 18.6. The van der Waals surface area contributed by atoms with Crippen molar-refractivity contribution in [3.8, 4) is 29.1 Å². The fourth-order valence-corrected chi connectivity index (χ4v) is 10.4. The third-order valence-corrected chi connectivity index (χ3v) is 13.0. The number of amides is 1. The van der Waals surface area contributed by atoms with Crippen LogP contribution >= 0.6 is 11.8 Å². The summed E-state index contributed by atoms with van der Waals surface area (Å²) in [4.78, 5) is 31.1. The van der Waals surface area contributed by atoms with Crippen molar-refractivity contribution in [3.63, 3.8) is 0 Å². The second kappa shape index (κ2) is 14.8. The second-order valence-corrected chi connectivity index (χ2v) is 15.6. The zero-order chi connectivity index (χ0) is 38.4. The van der Waals surface area contributed by atoms with E-state index in [9.17, 15) is 38.2 Å². The SMILES string of the molecule is Cc1cc2c(c(O)c1C)[C@@H]1C3[C@@H]4SC[C@H](NC(=O)/C=C/c5ccc(C(F)(F)F)cc5)C(=O)OC[C@H](c5c6c(c(C)c(O)c54)OCO6)N3[C@@H](C#N)[C@@H](C2)N1C.[Ac]. The van der Waals surface area contributed by atoms with Gasteiger partial charge in [0, 0.05) is 90.2 Å². The maximum Gasteiger partial charge on any atom is 0.416 e. The van der Waals surface area contributed by atoms with Gasteiger partial charge in [0.2, 0.25) is 12.7 Å². The Hall–Kier alpha value is -3.47. The van der Waals surface area contributed by atoms with Crippen molar-refractivity contribution in [2.24, 2.45) is 0 Å². The number of carbonyl (C=O) groups excluding carboxylic acids is 2. The number of thioether (sulfide) groups is 1. The molecule has 11 nitrogen and oxygen atoms in total. The van der Waals surface area contributed by atoms with Crippen LogP contribution in [-0.2, 0) is 26.9 Å². The number of esters is 1. The number of phenolic OH excluding ortho intramolecular Hbond substituents is 2. The minimum absolute atomic E-state index is 0. The van der Waals surface area contributed by atoms with Crippen LogP contribution in [0.25, 0.3) is 6.08 Å². The summed E-state index contributed by atoms with van der Waals surface area (Å²) in [6, 6.07) is 5.06. The van der Waals surface area contributed by atoms with E-state index >= 15 is 0 Å². The number of ether oxygens (including phenoxy) is 3. The first-order chi connectivity index (χ1) is 25.7. The fraction of sp³-hybridized carbons (Fsp3) is 0.410. The van der Waals surface area contributed by atoms with Crippen molar-refractivity contribution in [1.82, 2.24) is 15.1 Å². The third-order valence-electron chi connectivity index (χ3n) is 11.6. The van der Waals surface area contributed by atoms with Crippen LogP contribution in [-0.4, -0.2) is 82.3 Å². The number of aryl methyl sites for hydroxylation is 1. The second-order valence-electron chi connectivity index (χ2n) is 14.4. The first-order valence-electron chi connectivity index (χ1n) is 17.5. The van der Waals surface area contributed by atoms with E-state index in [1.807, 2.05) is 20.9 Å². The Kier molecular flexibility index (Phi) is 10.7. The maximum atomic E-state index is 13.7. The van der Waals surface area contributed by atoms with E-state index in [-0.39, 0.29) is 80.8 Å². The average molecular weight is 990 g/mol. The van der Waals surface area contributed by atoms with Crippen molar-refractivity contribution < 1.29 is 91.2 Å². The smallest absolute Gasteiger partial charge is 0.416 e. The van der Waals surface area contributed by atoms with E-state index in [0.717, 1.165) is 40.5 Å². The molecule has 1 amide bonds. The van der Waals surface area contributed by atoms with Crippen LogP contribution in [0.4, 0.5) is 13.2 Å². The van der Waals surface area contributed by atoms with Crippen molar-refractivity contribution in [3.05, 3.63) is 86.5 Å². The number of aromatic hydroxyl groups is 2. The van der Waals surface area contributed by atoms with Crippen LogP contribution in [0.3, 0.4) is 0 Å². The Morgan fingerprint density at radius 1 is 1.04 bits per heavy atom. The number of nitrogens with one attached hydrogen (secondary N) is 1. The van der Waals surface area contributed by atoms with E-state index < -0.39 is 59.1 Å². The van der Waals surface area contributed by atoms with Gasteiger partial charge in [-0.25, -0.2) is 4.79 Å². The molecule has 0 aliphatic carbocycles. The number of hydrogen-bond acceptors (Lipinski definition) is 11. The van der Waals surface area contributed by atoms with Gasteiger partial charge in [0.15, 0.2) is 11.5 Å². The van der Waals surface area contributed by atoms with Gasteiger partial charge in [0.05, 0.1) is 29.0 Å². The van der Waals surface area contributed by atoms with Gasteiger partial charge in [0.1, 0.15) is 30.2 Å². The van der Waals surface area contributed by atoms with Gasteiger partial charge in [0.25, 0.3) is 0 Å². The van der Waals surface area contributed by atoms with Crippen molar-refractivity contribution >= 4 is 29.7 Å². The van der Waals surface area contributed by atoms with Crippen LogP contribution in [0.5, 0.6) is 23.0 Å². The molecule has 6 aliphatic heterocycles. The number of carbonyl (C=O) groups is 2. The van der Waals surface area contributed by atoms with Gasteiger partial charge >= 0.3 is 12.1 Å². The number of likely N-dealkylation sites (N-methyl/N-ethyl adjacent to an activating group) is 1. The number of phenols is 2. The first kappa shape index (κ1) is 39.8.